The van der Waals surface area contributed by atoms with E-state index in [9.17, 15) is 0 Å². The smallest absolute Gasteiger partial charge is 0.119 e. The van der Waals surface area contributed by atoms with Crippen LogP contribution in [0.15, 0.2) is 53.7 Å². The van der Waals surface area contributed by atoms with Gasteiger partial charge in [0.15, 0.2) is 0 Å². The quantitative estimate of drug-likeness (QED) is 0.513. The van der Waals surface area contributed by atoms with Crippen LogP contribution in [-0.4, -0.2) is 10.9 Å². The minimum absolute atomic E-state index is 0.548. The summed E-state index contributed by atoms with van der Waals surface area (Å²) in [6, 6.07) is 15.8. The zero-order valence-electron chi connectivity index (χ0n) is 11.1. The van der Waals surface area contributed by atoms with Gasteiger partial charge in [-0.1, -0.05) is 35.0 Å². The van der Waals surface area contributed by atoms with Crippen LogP contribution in [0.2, 0.25) is 0 Å². The van der Waals surface area contributed by atoms with Gasteiger partial charge in [0, 0.05) is 0 Å². The Morgan fingerprint density at radius 3 is 2.26 bits per heavy atom. The van der Waals surface area contributed by atoms with Crippen LogP contribution in [0.3, 0.4) is 0 Å². The maximum Gasteiger partial charge on any atom is 0.119 e. The number of hydrogen-bond acceptors (Lipinski definition) is 3. The van der Waals surface area contributed by atoms with E-state index in [1.54, 1.807) is 6.92 Å². The zero-order valence-corrected chi connectivity index (χ0v) is 11.1. The molecule has 0 aliphatic heterocycles. The first-order chi connectivity index (χ1) is 9.19. The average Bonchev–Trinajstić information content (AvgIpc) is 2.46. The molecule has 0 saturated heterocycles. The molecule has 2 aromatic carbocycles. The molecule has 0 atom stereocenters. The Morgan fingerprint density at radius 2 is 1.68 bits per heavy atom. The Kier molecular flexibility index (Phi) is 4.18. The molecule has 0 amide bonds. The first-order valence-electron chi connectivity index (χ1n) is 6.16. The molecule has 3 nitrogen and oxygen atoms in total. The van der Waals surface area contributed by atoms with Gasteiger partial charge in [0.05, 0.1) is 5.71 Å². The van der Waals surface area contributed by atoms with E-state index < -0.39 is 0 Å². The summed E-state index contributed by atoms with van der Waals surface area (Å²) >= 11 is 0. The second kappa shape index (κ2) is 6.05. The maximum atomic E-state index is 8.69. The van der Waals surface area contributed by atoms with Crippen LogP contribution >= 0.6 is 0 Å². The highest BCUT2D eigenvalue weighted by atomic mass is 16.5. The molecular formula is C16H17NO2. The van der Waals surface area contributed by atoms with Crippen molar-refractivity contribution in [1.82, 2.24) is 0 Å². The van der Waals surface area contributed by atoms with Gasteiger partial charge in [-0.2, -0.15) is 0 Å². The van der Waals surface area contributed by atoms with E-state index in [-0.39, 0.29) is 0 Å². The molecule has 2 rings (SSSR count). The van der Waals surface area contributed by atoms with Crippen LogP contribution in [0.5, 0.6) is 5.75 Å². The lowest BCUT2D eigenvalue weighted by atomic mass is 10.1. The average molecular weight is 255 g/mol. The van der Waals surface area contributed by atoms with Crippen LogP contribution in [0.25, 0.3) is 0 Å². The molecule has 98 valence electrons. The molecule has 0 heterocycles. The van der Waals surface area contributed by atoms with E-state index in [0.717, 1.165) is 16.9 Å². The largest absolute Gasteiger partial charge is 0.489 e. The van der Waals surface area contributed by atoms with Gasteiger partial charge in [-0.3, -0.25) is 0 Å². The number of benzene rings is 2. The second-order valence-electron chi connectivity index (χ2n) is 4.48. The summed E-state index contributed by atoms with van der Waals surface area (Å²) in [6.07, 6.45) is 0. The summed E-state index contributed by atoms with van der Waals surface area (Å²) in [7, 11) is 0. The molecule has 0 aromatic heterocycles. The molecule has 2 aromatic rings. The summed E-state index contributed by atoms with van der Waals surface area (Å²) < 4.78 is 5.70. The molecule has 19 heavy (non-hydrogen) atoms. The first kappa shape index (κ1) is 13.1. The molecule has 0 unspecified atom stereocenters. The van der Waals surface area contributed by atoms with Crippen molar-refractivity contribution in [2.45, 2.75) is 20.5 Å². The number of oxime groups is 1. The molecule has 0 bridgehead atoms. The van der Waals surface area contributed by atoms with Crippen molar-refractivity contribution in [2.75, 3.05) is 0 Å². The lowest BCUT2D eigenvalue weighted by Gasteiger charge is -2.07. The van der Waals surface area contributed by atoms with Crippen molar-refractivity contribution in [2.24, 2.45) is 5.16 Å². The summed E-state index contributed by atoms with van der Waals surface area (Å²) in [6.45, 7) is 4.36. The lowest BCUT2D eigenvalue weighted by molar-refractivity contribution is 0.306. The van der Waals surface area contributed by atoms with Gasteiger partial charge in [0.25, 0.3) is 0 Å². The summed E-state index contributed by atoms with van der Waals surface area (Å²) in [5, 5.41) is 11.9. The number of hydrogen-bond donors (Lipinski definition) is 1. The van der Waals surface area contributed by atoms with Crippen LogP contribution in [0, 0.1) is 6.92 Å². The highest BCUT2D eigenvalue weighted by molar-refractivity contribution is 5.98. The zero-order chi connectivity index (χ0) is 13.7. The third kappa shape index (κ3) is 3.58. The second-order valence-corrected chi connectivity index (χ2v) is 4.48. The topological polar surface area (TPSA) is 41.8 Å². The first-order valence-corrected chi connectivity index (χ1v) is 6.16. The number of aryl methyl sites for hydroxylation is 1. The van der Waals surface area contributed by atoms with E-state index in [4.69, 9.17) is 9.94 Å². The number of ether oxygens (including phenoxy) is 1. The van der Waals surface area contributed by atoms with Gasteiger partial charge in [-0.05, 0) is 49.2 Å². The maximum absolute atomic E-state index is 8.69. The Balaban J connectivity index is 1.98. The van der Waals surface area contributed by atoms with E-state index in [1.165, 1.54) is 5.56 Å². The minimum Gasteiger partial charge on any atom is -0.489 e. The molecule has 0 fully saturated rings. The third-order valence-corrected chi connectivity index (χ3v) is 2.95. The third-order valence-electron chi connectivity index (χ3n) is 2.95. The predicted octanol–water partition coefficient (Wildman–Crippen LogP) is 3.77. The normalized spacial score (nSPS) is 11.4. The van der Waals surface area contributed by atoms with Crippen molar-refractivity contribution in [1.29, 1.82) is 0 Å². The van der Waals surface area contributed by atoms with Crippen LogP contribution in [0.4, 0.5) is 0 Å². The van der Waals surface area contributed by atoms with E-state index in [2.05, 4.69) is 36.3 Å². The molecule has 0 spiro atoms. The Morgan fingerprint density at radius 1 is 1.05 bits per heavy atom. The molecule has 0 radical (unpaired) electrons. The highest BCUT2D eigenvalue weighted by Crippen LogP contribution is 2.15. The predicted molar refractivity (Wildman–Crippen MR) is 76.0 cm³/mol. The van der Waals surface area contributed by atoms with Crippen molar-refractivity contribution in [3.05, 3.63) is 65.2 Å². The fourth-order valence-electron chi connectivity index (χ4n) is 1.70. The van der Waals surface area contributed by atoms with Crippen molar-refractivity contribution >= 4 is 5.71 Å². The molecular weight excluding hydrogens is 238 g/mol. The Bertz CT molecular complexity index is 556. The highest BCUT2D eigenvalue weighted by Gasteiger charge is 1.99. The summed E-state index contributed by atoms with van der Waals surface area (Å²) in [4.78, 5) is 0. The molecule has 0 aliphatic carbocycles. The van der Waals surface area contributed by atoms with Crippen LogP contribution < -0.4 is 4.74 Å². The molecule has 3 heteroatoms. The van der Waals surface area contributed by atoms with Crippen molar-refractivity contribution < 1.29 is 9.94 Å². The van der Waals surface area contributed by atoms with Gasteiger partial charge in [0.2, 0.25) is 0 Å². The van der Waals surface area contributed by atoms with Crippen LogP contribution in [-0.2, 0) is 6.61 Å². The van der Waals surface area contributed by atoms with Gasteiger partial charge < -0.3 is 9.94 Å². The number of nitrogens with zero attached hydrogens (tertiary/aromatic N) is 1. The van der Waals surface area contributed by atoms with Crippen molar-refractivity contribution in [3.63, 3.8) is 0 Å². The molecule has 1 N–H and O–H groups in total. The fraction of sp³-hybridized carbons (Fsp3) is 0.188. The number of rotatable bonds is 4. The monoisotopic (exact) mass is 255 g/mol. The van der Waals surface area contributed by atoms with Gasteiger partial charge in [0.1, 0.15) is 12.4 Å². The van der Waals surface area contributed by atoms with Gasteiger partial charge in [-0.25, -0.2) is 0 Å². The lowest BCUT2D eigenvalue weighted by Crippen LogP contribution is -1.97. The molecule has 0 saturated carbocycles. The van der Waals surface area contributed by atoms with E-state index in [0.29, 0.717) is 12.3 Å². The molecule has 0 aliphatic rings. The Hall–Kier alpha value is -2.29. The van der Waals surface area contributed by atoms with E-state index in [1.807, 2.05) is 24.3 Å². The van der Waals surface area contributed by atoms with Gasteiger partial charge in [-0.15, -0.1) is 0 Å². The van der Waals surface area contributed by atoms with E-state index >= 15 is 0 Å². The standard InChI is InChI=1S/C16H17NO2/c1-12-3-5-14(6-4-12)11-19-16-9-7-15(8-10-16)13(2)17-18/h3-10,18H,11H2,1-2H3/b17-13-. The summed E-state index contributed by atoms with van der Waals surface area (Å²) in [5.41, 5.74) is 3.85. The fourth-order valence-corrected chi connectivity index (χ4v) is 1.70. The van der Waals surface area contributed by atoms with Gasteiger partial charge >= 0.3 is 0 Å². The SMILES string of the molecule is C/C(=N/O)c1ccc(OCc2ccc(C)cc2)cc1. The van der Waals surface area contributed by atoms with Crippen LogP contribution in [0.1, 0.15) is 23.6 Å². The Labute approximate surface area is 113 Å². The summed E-state index contributed by atoms with van der Waals surface area (Å²) in [5.74, 6) is 0.801. The minimum atomic E-state index is 0.548. The van der Waals surface area contributed by atoms with Crippen molar-refractivity contribution in [3.8, 4) is 5.75 Å².